The maximum absolute atomic E-state index is 11.7. The van der Waals surface area contributed by atoms with Crippen molar-refractivity contribution in [2.45, 2.75) is 19.6 Å². The van der Waals surface area contributed by atoms with Crippen LogP contribution in [0, 0.1) is 30.3 Å². The third-order valence-electron chi connectivity index (χ3n) is 17.6. The average molecular weight is 1660 g/mol. The van der Waals surface area contributed by atoms with Crippen LogP contribution in [0.2, 0.25) is 15.1 Å². The van der Waals surface area contributed by atoms with E-state index in [0.29, 0.717) is 73.2 Å². The van der Waals surface area contributed by atoms with Crippen molar-refractivity contribution in [2.75, 3.05) is 57.2 Å². The third-order valence-corrected chi connectivity index (χ3v) is 18.6. The van der Waals surface area contributed by atoms with Crippen molar-refractivity contribution in [1.82, 2.24) is 58.6 Å². The number of pyridine rings is 3. The summed E-state index contributed by atoms with van der Waals surface area (Å²) in [6.07, 6.45) is 13.8. The van der Waals surface area contributed by atoms with Crippen LogP contribution in [0.3, 0.4) is 0 Å². The van der Waals surface area contributed by atoms with Crippen LogP contribution in [-0.2, 0) is 19.6 Å². The predicted molar refractivity (Wildman–Crippen MR) is 451 cm³/mol. The van der Waals surface area contributed by atoms with Crippen LogP contribution in [0.5, 0.6) is 40.2 Å². The second-order valence-corrected chi connectivity index (χ2v) is 26.6. The van der Waals surface area contributed by atoms with Crippen LogP contribution in [0.25, 0.3) is 67.5 Å². The van der Waals surface area contributed by atoms with Gasteiger partial charge in [-0.15, -0.1) is 0 Å². The van der Waals surface area contributed by atoms with Crippen LogP contribution in [0.1, 0.15) is 17.1 Å². The van der Waals surface area contributed by atoms with Crippen molar-refractivity contribution in [3.05, 3.63) is 337 Å². The summed E-state index contributed by atoms with van der Waals surface area (Å²) in [6, 6.07) is 67.0. The van der Waals surface area contributed by atoms with Gasteiger partial charge in [-0.05, 0) is 210 Å². The number of aliphatic hydroxyl groups excluding tert-OH is 3. The van der Waals surface area contributed by atoms with Gasteiger partial charge >= 0.3 is 17.5 Å². The minimum Gasteiger partial charge on any atom is -0.489 e. The maximum atomic E-state index is 11.7. The Bertz CT molecular complexity index is 5680. The summed E-state index contributed by atoms with van der Waals surface area (Å²) in [5.41, 5.74) is 17.1. The number of hydrogen-bond acceptors (Lipinski definition) is 25. The van der Waals surface area contributed by atoms with Crippen molar-refractivity contribution in [1.29, 1.82) is 0 Å². The van der Waals surface area contributed by atoms with Gasteiger partial charge in [0.1, 0.15) is 47.6 Å². The molecule has 602 valence electrons. The van der Waals surface area contributed by atoms with Crippen molar-refractivity contribution in [2.24, 2.45) is 5.73 Å². The molecule has 9 heterocycles. The summed E-state index contributed by atoms with van der Waals surface area (Å²) in [5.74, 6) is 2.63. The monoisotopic (exact) mass is 1660 g/mol. The van der Waals surface area contributed by atoms with Crippen LogP contribution in [-0.4, -0.2) is 135 Å². The van der Waals surface area contributed by atoms with E-state index >= 15 is 0 Å². The zero-order valence-corrected chi connectivity index (χ0v) is 65.5. The highest BCUT2D eigenvalue weighted by molar-refractivity contribution is 6.34. The number of anilines is 2. The molecule has 31 nitrogen and oxygen atoms in total. The van der Waals surface area contributed by atoms with Crippen molar-refractivity contribution >= 4 is 63.6 Å². The molecule has 0 aliphatic heterocycles. The van der Waals surface area contributed by atoms with Gasteiger partial charge in [0.05, 0.1) is 101 Å². The fourth-order valence-corrected chi connectivity index (χ4v) is 13.0. The van der Waals surface area contributed by atoms with Crippen molar-refractivity contribution in [3.8, 4) is 108 Å². The largest absolute Gasteiger partial charge is 0.489 e. The highest BCUT2D eigenvalue weighted by atomic mass is 35.5. The average Bonchev–Trinajstić information content (AvgIpc) is 1.67. The van der Waals surface area contributed by atoms with E-state index in [9.17, 15) is 30.3 Å². The second kappa shape index (κ2) is 41.2. The van der Waals surface area contributed by atoms with Crippen LogP contribution < -0.4 is 35.3 Å². The number of rotatable bonds is 29. The van der Waals surface area contributed by atoms with E-state index in [2.05, 4.69) is 55.5 Å². The maximum Gasteiger partial charge on any atom is 0.406 e. The SMILES string of the molecule is COc1ccc(Cn2c(-c3ccc(Oc4cncnc4)cc3)ccc2-c2ccccc2Cl)nc1[N+](=O)[O-].NCCO.O=[N+]([O-])c1nc(Cn2c(-c3ccc(Oc4cncnc4)cc3)ccc2-c2ccccc2Cl)ccc1NCCO.O=[N+]([O-])c1nc(Cn2c(-c3ccc(Oc4cncnc4)cc3)ccc2-c2ccccc2Cl)ccc1NCCO. The number of nitrogens with two attached hydrogens (primary N) is 1. The Labute approximate surface area is 694 Å². The topological polar surface area (TPSA) is 408 Å². The number of nitrogens with zero attached hydrogens (tertiary/aromatic N) is 15. The second-order valence-electron chi connectivity index (χ2n) is 25.4. The Balaban J connectivity index is 0.000000160. The number of nitrogens with one attached hydrogen (secondary N) is 2. The summed E-state index contributed by atoms with van der Waals surface area (Å²) in [5, 5.41) is 68.4. The van der Waals surface area contributed by atoms with Gasteiger partial charge in [0.2, 0.25) is 5.75 Å². The van der Waals surface area contributed by atoms with E-state index in [4.69, 9.17) is 74.8 Å². The van der Waals surface area contributed by atoms with Gasteiger partial charge in [-0.25, -0.2) is 29.9 Å². The first-order valence-electron chi connectivity index (χ1n) is 36.4. The van der Waals surface area contributed by atoms with Crippen LogP contribution >= 0.6 is 34.8 Å². The Morgan fingerprint density at radius 2 is 0.655 bits per heavy atom. The minimum absolute atomic E-state index is 0.0972. The van der Waals surface area contributed by atoms with E-state index < -0.39 is 14.8 Å². The van der Waals surface area contributed by atoms with Crippen molar-refractivity contribution in [3.63, 3.8) is 0 Å². The number of benzene rings is 6. The molecule has 9 aromatic heterocycles. The lowest BCUT2D eigenvalue weighted by atomic mass is 10.1. The number of nitro groups is 3. The molecular weight excluding hydrogens is 1590 g/mol. The molecule has 0 radical (unpaired) electrons. The molecule has 0 saturated carbocycles. The fourth-order valence-electron chi connectivity index (χ4n) is 12.3. The normalized spacial score (nSPS) is 10.7. The Morgan fingerprint density at radius 3 is 0.933 bits per heavy atom. The van der Waals surface area contributed by atoms with Gasteiger partial charge in [-0.3, -0.25) is 0 Å². The minimum atomic E-state index is -0.551. The molecule has 7 N–H and O–H groups in total. The van der Waals surface area contributed by atoms with Crippen LogP contribution in [0.15, 0.2) is 275 Å². The highest BCUT2D eigenvalue weighted by Gasteiger charge is 2.26. The number of aromatic nitrogens is 12. The molecule has 0 atom stereocenters. The number of methoxy groups -OCH3 is 1. The molecule has 0 spiro atoms. The van der Waals surface area contributed by atoms with Gasteiger partial charge in [-0.1, -0.05) is 89.4 Å². The van der Waals surface area contributed by atoms with E-state index in [1.54, 1.807) is 73.6 Å². The van der Waals surface area contributed by atoms with E-state index in [1.807, 2.05) is 196 Å². The lowest BCUT2D eigenvalue weighted by Crippen LogP contribution is -2.11. The molecule has 34 heteroatoms. The zero-order chi connectivity index (χ0) is 83.6. The zero-order valence-electron chi connectivity index (χ0n) is 63.2. The molecule has 0 fully saturated rings. The summed E-state index contributed by atoms with van der Waals surface area (Å²) >= 11 is 19.6. The molecule has 0 aliphatic rings. The molecule has 0 bridgehead atoms. The molecule has 0 unspecified atom stereocenters. The van der Waals surface area contributed by atoms with Gasteiger partial charge < -0.3 is 94.7 Å². The quantitative estimate of drug-likeness (QED) is 0.0187. The fraction of sp³-hybridized carbons (Fsp3) is 0.118. The number of halogens is 3. The van der Waals surface area contributed by atoms with E-state index in [1.165, 1.54) is 26.1 Å². The smallest absolute Gasteiger partial charge is 0.406 e. The van der Waals surface area contributed by atoms with Gasteiger partial charge in [0.25, 0.3) is 0 Å². The molecule has 0 saturated heterocycles. The first-order valence-corrected chi connectivity index (χ1v) is 37.6. The van der Waals surface area contributed by atoms with E-state index in [0.717, 1.165) is 67.5 Å². The molecular formula is C85H73Cl3N18O13. The third kappa shape index (κ3) is 21.8. The molecule has 6 aromatic carbocycles. The summed E-state index contributed by atoms with van der Waals surface area (Å²) in [4.78, 5) is 70.0. The molecule has 15 rings (SSSR count). The standard InChI is InChI=1S/2C28H23ClN6O4.C27H20ClN5O4.C2H7NO/c2*29-24-4-2-1-3-23(24)27-12-11-26(19-5-8-21(9-6-19)39-22-15-30-18-31-16-22)34(27)17-20-7-10-25(32-13-14-36)28(33-20)35(37)38;1-36-26-13-8-19(31-27(26)33(34)35)16-32-24(11-12-25(32)22-4-2-3-5-23(22)28)18-6-9-20(10-7-18)37-21-14-29-17-30-15-21;3-1-2-4/h2*1-12,15-16,18,32,36H,13-14,17H2;2-15,17H,16H2,1H3;4H,1-3H2. The molecule has 0 amide bonds. The lowest BCUT2D eigenvalue weighted by molar-refractivity contribution is -0.390. The highest BCUT2D eigenvalue weighted by Crippen LogP contribution is 2.40. The van der Waals surface area contributed by atoms with Gasteiger partial charge in [-0.2, -0.15) is 0 Å². The Kier molecular flexibility index (Phi) is 29.1. The predicted octanol–water partition coefficient (Wildman–Crippen LogP) is 17.0. The number of hydrogen-bond donors (Lipinski definition) is 6. The van der Waals surface area contributed by atoms with E-state index in [-0.39, 0.29) is 87.1 Å². The van der Waals surface area contributed by atoms with Crippen molar-refractivity contribution < 1.29 is 49.0 Å². The Hall–Kier alpha value is -14.4. The van der Waals surface area contributed by atoms with Crippen LogP contribution in [0.4, 0.5) is 28.8 Å². The number of aliphatic hydroxyl groups is 3. The molecule has 119 heavy (non-hydrogen) atoms. The lowest BCUT2D eigenvalue weighted by Gasteiger charge is -2.14. The first-order chi connectivity index (χ1) is 58.0. The number of ether oxygens (including phenoxy) is 4. The summed E-state index contributed by atoms with van der Waals surface area (Å²) < 4.78 is 28.6. The summed E-state index contributed by atoms with van der Waals surface area (Å²) in [7, 11) is 1.38. The summed E-state index contributed by atoms with van der Waals surface area (Å²) in [6.45, 7) is 1.29. The Morgan fingerprint density at radius 1 is 0.370 bits per heavy atom. The van der Waals surface area contributed by atoms with Gasteiger partial charge in [0.15, 0.2) is 34.3 Å². The first kappa shape index (κ1) is 84.0. The molecule has 0 aliphatic carbocycles. The van der Waals surface area contributed by atoms with Gasteiger partial charge in [0, 0.05) is 68.5 Å². The molecule has 15 aromatic rings.